The van der Waals surface area contributed by atoms with E-state index >= 15 is 0 Å². The van der Waals surface area contributed by atoms with Gasteiger partial charge in [-0.25, -0.2) is 4.39 Å². The van der Waals surface area contributed by atoms with E-state index in [0.29, 0.717) is 0 Å². The van der Waals surface area contributed by atoms with Crippen molar-refractivity contribution in [2.24, 2.45) is 0 Å². The minimum Gasteiger partial charge on any atom is -0.317 e. The Morgan fingerprint density at radius 1 is 1.50 bits per heavy atom. The minimum absolute atomic E-state index is 0.0313. The van der Waals surface area contributed by atoms with Crippen molar-refractivity contribution in [1.82, 2.24) is 10.2 Å². The van der Waals surface area contributed by atoms with Crippen LogP contribution in [0.15, 0.2) is 18.2 Å². The molecule has 0 aliphatic carbocycles. The quantitative estimate of drug-likeness (QED) is 0.917. The molecule has 0 radical (unpaired) electrons. The summed E-state index contributed by atoms with van der Waals surface area (Å²) in [4.78, 5) is 11.6. The Balaban J connectivity index is 2.20. The molecule has 0 saturated carbocycles. The van der Waals surface area contributed by atoms with E-state index in [-0.39, 0.29) is 20.7 Å². The van der Waals surface area contributed by atoms with Gasteiger partial charge < -0.3 is 5.32 Å². The number of nitrogens with zero attached hydrogens (tertiary/aromatic N) is 3. The summed E-state index contributed by atoms with van der Waals surface area (Å²) < 4.78 is 13.6. The fourth-order valence-electron chi connectivity index (χ4n) is 1.16. The third kappa shape index (κ3) is 2.61. The van der Waals surface area contributed by atoms with Crippen LogP contribution in [-0.2, 0) is 0 Å². The summed E-state index contributed by atoms with van der Waals surface area (Å²) >= 11 is 6.42. The Kier molecular flexibility index (Phi) is 3.50. The molecule has 1 aromatic carbocycles. The summed E-state index contributed by atoms with van der Waals surface area (Å²) in [5.41, 5.74) is 0.134. The highest BCUT2D eigenvalue weighted by Gasteiger charge is 2.14. The Morgan fingerprint density at radius 2 is 2.28 bits per heavy atom. The topological polar surface area (TPSA) is 78.7 Å². The normalized spacial score (nSPS) is 9.83. The fourth-order valence-corrected chi connectivity index (χ4v) is 1.88. The van der Waals surface area contributed by atoms with Crippen LogP contribution in [0.5, 0.6) is 0 Å². The second-order valence-corrected chi connectivity index (χ2v) is 4.68. The Labute approximate surface area is 110 Å². The molecule has 8 heteroatoms. The highest BCUT2D eigenvalue weighted by Crippen LogP contribution is 2.19. The molecule has 2 rings (SSSR count). The van der Waals surface area contributed by atoms with Gasteiger partial charge in [0.25, 0.3) is 5.91 Å². The molecule has 18 heavy (non-hydrogen) atoms. The number of carbonyl (C=O) groups is 1. The number of hydrogen-bond acceptors (Lipinski definition) is 5. The summed E-state index contributed by atoms with van der Waals surface area (Å²) in [7, 11) is 0. The maximum absolute atomic E-state index is 13.5. The van der Waals surface area contributed by atoms with E-state index in [1.165, 1.54) is 12.1 Å². The summed E-state index contributed by atoms with van der Waals surface area (Å²) in [6, 6.07) is 5.52. The molecule has 0 spiro atoms. The zero-order chi connectivity index (χ0) is 13.1. The lowest BCUT2D eigenvalue weighted by atomic mass is 10.2. The second-order valence-electron chi connectivity index (χ2n) is 3.12. The zero-order valence-corrected chi connectivity index (χ0v) is 10.2. The van der Waals surface area contributed by atoms with E-state index in [1.807, 2.05) is 0 Å². The van der Waals surface area contributed by atoms with E-state index in [2.05, 4.69) is 15.5 Å². The predicted molar refractivity (Wildman–Crippen MR) is 64.0 cm³/mol. The smallest absolute Gasteiger partial charge is 0.286 e. The Hall–Kier alpha value is -2.04. The SMILES string of the molecule is N#Cc1ccc(NC(=O)c2nnc(Cl)s2)c(F)c1. The lowest BCUT2D eigenvalue weighted by Crippen LogP contribution is -2.12. The first-order valence-corrected chi connectivity index (χ1v) is 5.79. The van der Waals surface area contributed by atoms with Crippen LogP contribution >= 0.6 is 22.9 Å². The second kappa shape index (κ2) is 5.08. The molecule has 1 N–H and O–H groups in total. The zero-order valence-electron chi connectivity index (χ0n) is 8.65. The number of benzene rings is 1. The van der Waals surface area contributed by atoms with Gasteiger partial charge in [-0.3, -0.25) is 4.79 Å². The van der Waals surface area contributed by atoms with Crippen molar-refractivity contribution in [2.45, 2.75) is 0 Å². The number of nitriles is 1. The van der Waals surface area contributed by atoms with Crippen LogP contribution in [0.2, 0.25) is 4.47 Å². The third-order valence-electron chi connectivity index (χ3n) is 1.94. The molecule has 1 heterocycles. The third-order valence-corrected chi connectivity index (χ3v) is 2.96. The van der Waals surface area contributed by atoms with Crippen molar-refractivity contribution in [3.05, 3.63) is 39.1 Å². The van der Waals surface area contributed by atoms with Gasteiger partial charge in [-0.2, -0.15) is 5.26 Å². The molecule has 0 saturated heterocycles. The van der Waals surface area contributed by atoms with E-state index < -0.39 is 11.7 Å². The molecule has 2 aromatic rings. The molecule has 0 fully saturated rings. The van der Waals surface area contributed by atoms with Gasteiger partial charge in [0, 0.05) is 0 Å². The molecule has 0 aliphatic heterocycles. The average Bonchev–Trinajstić information content (AvgIpc) is 2.78. The number of carbonyl (C=O) groups excluding carboxylic acids is 1. The molecular weight excluding hydrogens is 279 g/mol. The standard InChI is InChI=1S/C10H4ClFN4OS/c11-10-16-15-9(18-10)8(17)14-7-2-1-5(4-13)3-6(7)12/h1-3H,(H,14,17). The van der Waals surface area contributed by atoms with Gasteiger partial charge in [0.05, 0.1) is 17.3 Å². The first kappa shape index (κ1) is 12.4. The lowest BCUT2D eigenvalue weighted by Gasteiger charge is -2.03. The van der Waals surface area contributed by atoms with E-state index in [0.717, 1.165) is 17.4 Å². The number of hydrogen-bond donors (Lipinski definition) is 1. The van der Waals surface area contributed by atoms with E-state index in [9.17, 15) is 9.18 Å². The monoisotopic (exact) mass is 282 g/mol. The van der Waals surface area contributed by atoms with Crippen molar-refractivity contribution in [1.29, 1.82) is 5.26 Å². The van der Waals surface area contributed by atoms with Crippen molar-refractivity contribution in [2.75, 3.05) is 5.32 Å². The number of anilines is 1. The van der Waals surface area contributed by atoms with Gasteiger partial charge in [0.1, 0.15) is 5.82 Å². The van der Waals surface area contributed by atoms with Crippen molar-refractivity contribution < 1.29 is 9.18 Å². The number of aromatic nitrogens is 2. The largest absolute Gasteiger partial charge is 0.317 e. The van der Waals surface area contributed by atoms with Crippen LogP contribution in [0.4, 0.5) is 10.1 Å². The van der Waals surface area contributed by atoms with Crippen molar-refractivity contribution >= 4 is 34.5 Å². The van der Waals surface area contributed by atoms with Crippen LogP contribution in [0.25, 0.3) is 0 Å². The summed E-state index contributed by atoms with van der Waals surface area (Å²) in [5, 5.41) is 17.9. The minimum atomic E-state index is -0.696. The van der Waals surface area contributed by atoms with Gasteiger partial charge in [0.2, 0.25) is 9.47 Å². The number of halogens is 2. The molecule has 1 amide bonds. The van der Waals surface area contributed by atoms with Gasteiger partial charge in [-0.05, 0) is 29.8 Å². The predicted octanol–water partition coefficient (Wildman–Crippen LogP) is 2.45. The van der Waals surface area contributed by atoms with Crippen LogP contribution in [-0.4, -0.2) is 16.1 Å². The van der Waals surface area contributed by atoms with Crippen LogP contribution < -0.4 is 5.32 Å². The highest BCUT2D eigenvalue weighted by molar-refractivity contribution is 7.17. The van der Waals surface area contributed by atoms with Crippen molar-refractivity contribution in [3.63, 3.8) is 0 Å². The van der Waals surface area contributed by atoms with E-state index in [4.69, 9.17) is 16.9 Å². The summed E-state index contributed by atoms with van der Waals surface area (Å²) in [6.45, 7) is 0. The number of amides is 1. The summed E-state index contributed by atoms with van der Waals surface area (Å²) in [6.07, 6.45) is 0. The lowest BCUT2D eigenvalue weighted by molar-refractivity contribution is 0.102. The van der Waals surface area contributed by atoms with E-state index in [1.54, 1.807) is 6.07 Å². The molecule has 1 aromatic heterocycles. The number of rotatable bonds is 2. The average molecular weight is 283 g/mol. The Bertz CT molecular complexity index is 652. The van der Waals surface area contributed by atoms with Crippen LogP contribution in [0, 0.1) is 17.1 Å². The molecule has 0 unspecified atom stereocenters. The van der Waals surface area contributed by atoms with Gasteiger partial charge >= 0.3 is 0 Å². The molecule has 0 atom stereocenters. The maximum Gasteiger partial charge on any atom is 0.286 e. The fraction of sp³-hybridized carbons (Fsp3) is 0. The molecular formula is C10H4ClFN4OS. The molecule has 0 bridgehead atoms. The summed E-state index contributed by atoms with van der Waals surface area (Å²) in [5.74, 6) is -1.30. The molecule has 90 valence electrons. The van der Waals surface area contributed by atoms with Crippen LogP contribution in [0.1, 0.15) is 15.4 Å². The molecule has 0 aliphatic rings. The Morgan fingerprint density at radius 3 is 2.83 bits per heavy atom. The van der Waals surface area contributed by atoms with Gasteiger partial charge in [-0.1, -0.05) is 11.3 Å². The maximum atomic E-state index is 13.5. The van der Waals surface area contributed by atoms with Gasteiger partial charge in [0.15, 0.2) is 0 Å². The first-order valence-electron chi connectivity index (χ1n) is 4.60. The van der Waals surface area contributed by atoms with Gasteiger partial charge in [-0.15, -0.1) is 10.2 Å². The van der Waals surface area contributed by atoms with Crippen molar-refractivity contribution in [3.8, 4) is 6.07 Å². The van der Waals surface area contributed by atoms with Crippen LogP contribution in [0.3, 0.4) is 0 Å². The number of nitrogens with one attached hydrogen (secondary N) is 1. The molecule has 5 nitrogen and oxygen atoms in total. The highest BCUT2D eigenvalue weighted by atomic mass is 35.5. The first-order chi connectivity index (χ1) is 8.60.